The smallest absolute Gasteiger partial charge is 0.410 e. The molecule has 10 heteroatoms. The second-order valence-corrected chi connectivity index (χ2v) is 13.2. The normalized spacial score (nSPS) is 11.7. The number of aromatic nitrogens is 3. The fraction of sp³-hybridized carbons (Fsp3) is 0.410. The molecular formula is C39H48N4O6. The summed E-state index contributed by atoms with van der Waals surface area (Å²) in [4.78, 5) is 27.9. The van der Waals surface area contributed by atoms with E-state index in [1.54, 1.807) is 29.9 Å². The minimum absolute atomic E-state index is 0.178. The number of amides is 1. The third-order valence-electron chi connectivity index (χ3n) is 8.57. The van der Waals surface area contributed by atoms with Crippen LogP contribution in [0, 0.1) is 0 Å². The Balaban J connectivity index is 1.48. The zero-order valence-electron chi connectivity index (χ0n) is 29.5. The van der Waals surface area contributed by atoms with Crippen LogP contribution in [0.25, 0.3) is 32.8 Å². The number of nitrogens with zero attached hydrogens (tertiary/aromatic N) is 4. The van der Waals surface area contributed by atoms with Gasteiger partial charge in [0.05, 0.1) is 37.2 Å². The number of esters is 1. The maximum absolute atomic E-state index is 13.8. The van der Waals surface area contributed by atoms with Crippen LogP contribution in [0.4, 0.5) is 4.79 Å². The first-order valence-electron chi connectivity index (χ1n) is 17.0. The molecule has 3 aromatic carbocycles. The summed E-state index contributed by atoms with van der Waals surface area (Å²) in [7, 11) is 3.54. The Morgan fingerprint density at radius 3 is 2.43 bits per heavy atom. The summed E-state index contributed by atoms with van der Waals surface area (Å²) in [6, 6.07) is 20.2. The highest BCUT2D eigenvalue weighted by Crippen LogP contribution is 2.37. The van der Waals surface area contributed by atoms with E-state index in [2.05, 4.69) is 27.9 Å². The number of hydrogen-bond acceptors (Lipinski definition) is 7. The maximum atomic E-state index is 13.8. The highest BCUT2D eigenvalue weighted by atomic mass is 16.6. The van der Waals surface area contributed by atoms with Crippen molar-refractivity contribution in [3.8, 4) is 16.9 Å². The summed E-state index contributed by atoms with van der Waals surface area (Å²) >= 11 is 0. The Morgan fingerprint density at radius 2 is 1.67 bits per heavy atom. The molecule has 0 aliphatic carbocycles. The molecule has 2 heterocycles. The number of ether oxygens (including phenoxy) is 3. The van der Waals surface area contributed by atoms with Gasteiger partial charge in [-0.2, -0.15) is 5.10 Å². The van der Waals surface area contributed by atoms with Crippen molar-refractivity contribution in [2.75, 3.05) is 26.8 Å². The van der Waals surface area contributed by atoms with Crippen LogP contribution in [0.2, 0.25) is 0 Å². The maximum Gasteiger partial charge on any atom is 0.410 e. The highest BCUT2D eigenvalue weighted by molar-refractivity contribution is 6.04. The predicted molar refractivity (Wildman–Crippen MR) is 192 cm³/mol. The second kappa shape index (κ2) is 15.6. The summed E-state index contributed by atoms with van der Waals surface area (Å²) in [6.45, 7) is 8.92. The van der Waals surface area contributed by atoms with Gasteiger partial charge in [-0.25, -0.2) is 9.59 Å². The van der Waals surface area contributed by atoms with Crippen LogP contribution >= 0.6 is 0 Å². The van der Waals surface area contributed by atoms with E-state index in [1.165, 1.54) is 0 Å². The molecule has 2 aromatic heterocycles. The first-order valence-corrected chi connectivity index (χ1v) is 17.0. The van der Waals surface area contributed by atoms with Crippen molar-refractivity contribution >= 4 is 33.7 Å². The molecule has 49 heavy (non-hydrogen) atoms. The number of aryl methyl sites for hydroxylation is 3. The Morgan fingerprint density at radius 1 is 0.939 bits per heavy atom. The molecule has 0 fully saturated rings. The molecule has 0 saturated carbocycles. The lowest BCUT2D eigenvalue weighted by atomic mass is 10.00. The molecule has 0 radical (unpaired) electrons. The van der Waals surface area contributed by atoms with Gasteiger partial charge in [0, 0.05) is 49.1 Å². The van der Waals surface area contributed by atoms with Crippen molar-refractivity contribution < 1.29 is 28.9 Å². The van der Waals surface area contributed by atoms with Gasteiger partial charge >= 0.3 is 12.1 Å². The Labute approximate surface area is 288 Å². The predicted octanol–water partition coefficient (Wildman–Crippen LogP) is 7.52. The van der Waals surface area contributed by atoms with Crippen LogP contribution < -0.4 is 4.74 Å². The number of hydrogen-bond donors (Lipinski definition) is 1. The van der Waals surface area contributed by atoms with E-state index in [4.69, 9.17) is 14.2 Å². The highest BCUT2D eigenvalue weighted by Gasteiger charge is 2.27. The van der Waals surface area contributed by atoms with E-state index in [0.29, 0.717) is 56.8 Å². The van der Waals surface area contributed by atoms with Gasteiger partial charge in [-0.05, 0) is 70.4 Å². The van der Waals surface area contributed by atoms with E-state index >= 15 is 0 Å². The number of fused-ring (bicyclic) bond motifs is 2. The number of aliphatic hydroxyl groups excluding tert-OH is 1. The van der Waals surface area contributed by atoms with E-state index in [-0.39, 0.29) is 25.3 Å². The van der Waals surface area contributed by atoms with Crippen LogP contribution in [0.1, 0.15) is 68.7 Å². The minimum atomic E-state index is -0.573. The van der Waals surface area contributed by atoms with E-state index in [0.717, 1.165) is 44.1 Å². The van der Waals surface area contributed by atoms with Gasteiger partial charge in [-0.3, -0.25) is 4.68 Å². The monoisotopic (exact) mass is 668 g/mol. The standard InChI is InChI=1S/C39H48N4O6/c1-7-47-37(45)36-30(20-14-24-48-34-21-12-16-27-15-8-9-17-28(27)34)29-18-13-19-31(32-25-40-42(6)33(32)26-44)35(29)43(36)23-11-10-22-41(5)38(46)49-39(2,3)4/h8-9,12-13,15-19,21,25,44H,7,10-11,14,20,22-24,26H2,1-6H3. The van der Waals surface area contributed by atoms with Crippen LogP contribution in [-0.2, 0) is 36.1 Å². The SMILES string of the molecule is CCOC(=O)c1c(CCCOc2cccc3ccccc23)c2cccc(-c3cnn(C)c3CO)c2n1CCCCN(C)C(=O)OC(C)(C)C. The summed E-state index contributed by atoms with van der Waals surface area (Å²) in [5.74, 6) is 0.451. The third-order valence-corrected chi connectivity index (χ3v) is 8.57. The molecule has 0 unspecified atom stereocenters. The van der Waals surface area contributed by atoms with Gasteiger partial charge in [0.2, 0.25) is 0 Å². The average Bonchev–Trinajstić information content (AvgIpc) is 3.61. The van der Waals surface area contributed by atoms with Gasteiger partial charge in [0.25, 0.3) is 0 Å². The van der Waals surface area contributed by atoms with Gasteiger partial charge < -0.3 is 28.8 Å². The first kappa shape index (κ1) is 35.5. The topological polar surface area (TPSA) is 108 Å². The van der Waals surface area contributed by atoms with Crippen molar-refractivity contribution in [2.24, 2.45) is 7.05 Å². The van der Waals surface area contributed by atoms with Gasteiger partial charge in [-0.1, -0.05) is 54.6 Å². The molecule has 0 spiro atoms. The molecule has 0 atom stereocenters. The number of carbonyl (C=O) groups excluding carboxylic acids is 2. The molecule has 5 aromatic rings. The number of aliphatic hydroxyl groups is 1. The molecule has 260 valence electrons. The summed E-state index contributed by atoms with van der Waals surface area (Å²) < 4.78 is 21.2. The lowest BCUT2D eigenvalue weighted by Crippen LogP contribution is -2.34. The van der Waals surface area contributed by atoms with Crippen molar-refractivity contribution in [3.05, 3.63) is 83.8 Å². The second-order valence-electron chi connectivity index (χ2n) is 13.2. The van der Waals surface area contributed by atoms with Gasteiger partial charge in [0.1, 0.15) is 17.0 Å². The Kier molecular flexibility index (Phi) is 11.3. The van der Waals surface area contributed by atoms with Crippen LogP contribution in [-0.4, -0.2) is 68.8 Å². The van der Waals surface area contributed by atoms with Crippen molar-refractivity contribution in [1.82, 2.24) is 19.2 Å². The van der Waals surface area contributed by atoms with Crippen LogP contribution in [0.5, 0.6) is 5.75 Å². The lowest BCUT2D eigenvalue weighted by Gasteiger charge is -2.24. The zero-order valence-corrected chi connectivity index (χ0v) is 29.5. The summed E-state index contributed by atoms with van der Waals surface area (Å²) in [5.41, 5.74) is 4.10. The molecule has 1 amide bonds. The molecule has 5 rings (SSSR count). The van der Waals surface area contributed by atoms with E-state index < -0.39 is 5.60 Å². The minimum Gasteiger partial charge on any atom is -0.493 e. The Hall–Kier alpha value is -4.83. The third kappa shape index (κ3) is 8.08. The fourth-order valence-corrected chi connectivity index (χ4v) is 6.28. The zero-order chi connectivity index (χ0) is 35.1. The van der Waals surface area contributed by atoms with Gasteiger partial charge in [0.15, 0.2) is 0 Å². The summed E-state index contributed by atoms with van der Waals surface area (Å²) in [5, 5.41) is 17.8. The van der Waals surface area contributed by atoms with E-state index in [1.807, 2.05) is 70.2 Å². The molecule has 0 bridgehead atoms. The largest absolute Gasteiger partial charge is 0.493 e. The van der Waals surface area contributed by atoms with Crippen LogP contribution in [0.15, 0.2) is 66.9 Å². The molecule has 1 N–H and O–H groups in total. The number of para-hydroxylation sites is 1. The molecule has 10 nitrogen and oxygen atoms in total. The lowest BCUT2D eigenvalue weighted by molar-refractivity contribution is 0.0296. The number of carbonyl (C=O) groups is 2. The number of benzene rings is 3. The fourth-order valence-electron chi connectivity index (χ4n) is 6.28. The van der Waals surface area contributed by atoms with Crippen LogP contribution in [0.3, 0.4) is 0 Å². The summed E-state index contributed by atoms with van der Waals surface area (Å²) in [6.07, 6.45) is 4.05. The van der Waals surface area contributed by atoms with Crippen molar-refractivity contribution in [3.63, 3.8) is 0 Å². The average molecular weight is 669 g/mol. The number of unbranched alkanes of at least 4 members (excludes halogenated alkanes) is 1. The Bertz CT molecular complexity index is 1910. The molecule has 0 saturated heterocycles. The molecular weight excluding hydrogens is 620 g/mol. The quantitative estimate of drug-likeness (QED) is 0.0963. The van der Waals surface area contributed by atoms with Gasteiger partial charge in [-0.15, -0.1) is 0 Å². The first-order chi connectivity index (χ1) is 23.5. The van der Waals surface area contributed by atoms with E-state index in [9.17, 15) is 14.7 Å². The molecule has 0 aliphatic heterocycles. The van der Waals surface area contributed by atoms with Crippen molar-refractivity contribution in [2.45, 2.75) is 72.1 Å². The van der Waals surface area contributed by atoms with Crippen molar-refractivity contribution in [1.29, 1.82) is 0 Å². The molecule has 0 aliphatic rings. The number of rotatable bonds is 14.